The van der Waals surface area contributed by atoms with Gasteiger partial charge in [-0.25, -0.2) is 0 Å². The Morgan fingerprint density at radius 2 is 1.87 bits per heavy atom. The zero-order chi connectivity index (χ0) is 17.0. The summed E-state index contributed by atoms with van der Waals surface area (Å²) in [4.78, 5) is 13.2. The molecule has 4 nitrogen and oxygen atoms in total. The third-order valence-corrected chi connectivity index (χ3v) is 5.19. The monoisotopic (exact) mass is 333 g/mol. The first-order valence-electron chi connectivity index (χ1n) is 7.69. The second-order valence-electron chi connectivity index (χ2n) is 5.57. The van der Waals surface area contributed by atoms with Gasteiger partial charge in [-0.3, -0.25) is 4.79 Å². The molecule has 0 aliphatic heterocycles. The van der Waals surface area contributed by atoms with Crippen LogP contribution in [0.5, 0.6) is 5.75 Å². The predicted molar refractivity (Wildman–Crippen MR) is 94.3 cm³/mol. The van der Waals surface area contributed by atoms with Crippen LogP contribution in [0.4, 0.5) is 5.00 Å². The van der Waals surface area contributed by atoms with Gasteiger partial charge in [-0.05, 0) is 56.0 Å². The van der Waals surface area contributed by atoms with Crippen LogP contribution in [0.15, 0.2) is 24.3 Å². The number of benzene rings is 1. The van der Waals surface area contributed by atoms with E-state index < -0.39 is 6.10 Å². The fourth-order valence-electron chi connectivity index (χ4n) is 2.19. The number of aliphatic hydroxyl groups excluding tert-OH is 1. The lowest BCUT2D eigenvalue weighted by Gasteiger charge is -2.10. The molecule has 2 aromatic rings. The maximum Gasteiger partial charge on any atom is 0.262 e. The number of hydrogen-bond acceptors (Lipinski definition) is 4. The van der Waals surface area contributed by atoms with Crippen LogP contribution in [0.1, 0.15) is 41.0 Å². The summed E-state index contributed by atoms with van der Waals surface area (Å²) in [6.45, 7) is 8.00. The number of anilines is 1. The van der Waals surface area contributed by atoms with Gasteiger partial charge in [0.1, 0.15) is 5.75 Å². The molecule has 0 aliphatic carbocycles. The van der Waals surface area contributed by atoms with Gasteiger partial charge in [0.2, 0.25) is 0 Å². The van der Waals surface area contributed by atoms with Crippen molar-refractivity contribution >= 4 is 22.2 Å². The standard InChI is InChI=1S/C18H23NO3S/c1-5-16(20)14-6-8-15(9-7-14)22-10-17(21)19-18-12(3)11(2)13(4)23-18/h6-9,16,20H,5,10H2,1-4H3,(H,19,21). The van der Waals surface area contributed by atoms with Crippen molar-refractivity contribution < 1.29 is 14.6 Å². The maximum absolute atomic E-state index is 12.0. The van der Waals surface area contributed by atoms with Gasteiger partial charge in [-0.1, -0.05) is 19.1 Å². The number of thiophene rings is 1. The molecule has 1 unspecified atom stereocenters. The zero-order valence-electron chi connectivity index (χ0n) is 14.0. The van der Waals surface area contributed by atoms with Crippen molar-refractivity contribution in [3.63, 3.8) is 0 Å². The quantitative estimate of drug-likeness (QED) is 0.835. The molecule has 0 spiro atoms. The van der Waals surface area contributed by atoms with Crippen molar-refractivity contribution in [3.8, 4) is 5.75 Å². The van der Waals surface area contributed by atoms with Gasteiger partial charge in [-0.15, -0.1) is 11.3 Å². The van der Waals surface area contributed by atoms with Crippen LogP contribution in [-0.4, -0.2) is 17.6 Å². The highest BCUT2D eigenvalue weighted by Crippen LogP contribution is 2.31. The largest absolute Gasteiger partial charge is 0.484 e. The lowest BCUT2D eigenvalue weighted by Crippen LogP contribution is -2.20. The van der Waals surface area contributed by atoms with Crippen LogP contribution < -0.4 is 10.1 Å². The van der Waals surface area contributed by atoms with Crippen molar-refractivity contribution in [2.75, 3.05) is 11.9 Å². The first-order chi connectivity index (χ1) is 10.9. The molecule has 0 saturated carbocycles. The third-order valence-electron chi connectivity index (χ3n) is 3.96. The van der Waals surface area contributed by atoms with E-state index in [-0.39, 0.29) is 12.5 Å². The summed E-state index contributed by atoms with van der Waals surface area (Å²) in [6, 6.07) is 7.17. The summed E-state index contributed by atoms with van der Waals surface area (Å²) >= 11 is 1.58. The number of carbonyl (C=O) groups is 1. The lowest BCUT2D eigenvalue weighted by molar-refractivity contribution is -0.118. The molecule has 1 heterocycles. The predicted octanol–water partition coefficient (Wildman–Crippen LogP) is 4.13. The molecule has 0 radical (unpaired) electrons. The fraction of sp³-hybridized carbons (Fsp3) is 0.389. The maximum atomic E-state index is 12.0. The van der Waals surface area contributed by atoms with Gasteiger partial charge in [-0.2, -0.15) is 0 Å². The molecule has 0 aliphatic rings. The SMILES string of the molecule is CCC(O)c1ccc(OCC(=O)Nc2sc(C)c(C)c2C)cc1. The Kier molecular flexibility index (Phi) is 5.80. The molecule has 124 valence electrons. The summed E-state index contributed by atoms with van der Waals surface area (Å²) in [5.41, 5.74) is 3.18. The second-order valence-corrected chi connectivity index (χ2v) is 6.79. The minimum atomic E-state index is -0.458. The molecule has 2 rings (SSSR count). The van der Waals surface area contributed by atoms with Crippen LogP contribution in [0.3, 0.4) is 0 Å². The summed E-state index contributed by atoms with van der Waals surface area (Å²) in [7, 11) is 0. The number of ether oxygens (including phenoxy) is 1. The van der Waals surface area contributed by atoms with Gasteiger partial charge >= 0.3 is 0 Å². The normalized spacial score (nSPS) is 12.0. The minimum Gasteiger partial charge on any atom is -0.484 e. The van der Waals surface area contributed by atoms with Crippen molar-refractivity contribution in [2.24, 2.45) is 0 Å². The van der Waals surface area contributed by atoms with E-state index >= 15 is 0 Å². The van der Waals surface area contributed by atoms with Gasteiger partial charge in [0.15, 0.2) is 6.61 Å². The smallest absolute Gasteiger partial charge is 0.262 e. The Labute approximate surface area is 141 Å². The van der Waals surface area contributed by atoms with Crippen LogP contribution >= 0.6 is 11.3 Å². The molecule has 1 aromatic heterocycles. The molecule has 1 aromatic carbocycles. The highest BCUT2D eigenvalue weighted by Gasteiger charge is 2.12. The molecular formula is C18H23NO3S. The highest BCUT2D eigenvalue weighted by molar-refractivity contribution is 7.16. The summed E-state index contributed by atoms with van der Waals surface area (Å²) < 4.78 is 5.50. The summed E-state index contributed by atoms with van der Waals surface area (Å²) in [5, 5.41) is 13.5. The first-order valence-corrected chi connectivity index (χ1v) is 8.51. The van der Waals surface area contributed by atoms with Crippen molar-refractivity contribution in [3.05, 3.63) is 45.8 Å². The number of nitrogens with one attached hydrogen (secondary N) is 1. The van der Waals surface area contributed by atoms with Crippen molar-refractivity contribution in [2.45, 2.75) is 40.2 Å². The first kappa shape index (κ1) is 17.5. The third kappa shape index (κ3) is 4.33. The molecule has 1 atom stereocenters. The number of carbonyl (C=O) groups excluding carboxylic acids is 1. The summed E-state index contributed by atoms with van der Waals surface area (Å²) in [5.74, 6) is 0.439. The Hall–Kier alpha value is -1.85. The Bertz CT molecular complexity index is 676. The van der Waals surface area contributed by atoms with E-state index in [9.17, 15) is 9.90 Å². The number of rotatable bonds is 6. The van der Waals surface area contributed by atoms with Gasteiger partial charge < -0.3 is 15.2 Å². The molecular weight excluding hydrogens is 310 g/mol. The van der Waals surface area contributed by atoms with E-state index in [0.29, 0.717) is 12.2 Å². The van der Waals surface area contributed by atoms with Crippen LogP contribution in [0, 0.1) is 20.8 Å². The molecule has 0 saturated heterocycles. The molecule has 0 bridgehead atoms. The van der Waals surface area contributed by atoms with Gasteiger partial charge in [0.05, 0.1) is 11.1 Å². The van der Waals surface area contributed by atoms with Gasteiger partial charge in [0.25, 0.3) is 5.91 Å². The molecule has 5 heteroatoms. The molecule has 23 heavy (non-hydrogen) atoms. The van der Waals surface area contributed by atoms with Gasteiger partial charge in [0, 0.05) is 4.88 Å². The van der Waals surface area contributed by atoms with Crippen molar-refractivity contribution in [1.82, 2.24) is 0 Å². The van der Waals surface area contributed by atoms with Crippen molar-refractivity contribution in [1.29, 1.82) is 0 Å². The number of amides is 1. The topological polar surface area (TPSA) is 58.6 Å². The molecule has 2 N–H and O–H groups in total. The Morgan fingerprint density at radius 1 is 1.22 bits per heavy atom. The van der Waals surface area contributed by atoms with E-state index in [1.54, 1.807) is 23.5 Å². The Balaban J connectivity index is 1.90. The van der Waals surface area contributed by atoms with Crippen LogP contribution in [-0.2, 0) is 4.79 Å². The van der Waals surface area contributed by atoms with E-state index in [4.69, 9.17) is 4.74 Å². The van der Waals surface area contributed by atoms with Crippen LogP contribution in [0.25, 0.3) is 0 Å². The van der Waals surface area contributed by atoms with E-state index in [2.05, 4.69) is 12.2 Å². The highest BCUT2D eigenvalue weighted by atomic mass is 32.1. The Morgan fingerprint density at radius 3 is 2.39 bits per heavy atom. The number of aliphatic hydroxyl groups is 1. The zero-order valence-corrected chi connectivity index (χ0v) is 14.8. The average Bonchev–Trinajstić information content (AvgIpc) is 2.79. The van der Waals surface area contributed by atoms with E-state index in [1.165, 1.54) is 10.4 Å². The minimum absolute atomic E-state index is 0.0366. The average molecular weight is 333 g/mol. The number of aryl methyl sites for hydroxylation is 1. The van der Waals surface area contributed by atoms with E-state index in [0.717, 1.165) is 16.1 Å². The van der Waals surface area contributed by atoms with E-state index in [1.807, 2.05) is 32.9 Å². The number of hydrogen-bond donors (Lipinski definition) is 2. The molecule has 1 amide bonds. The second kappa shape index (κ2) is 7.62. The molecule has 0 fully saturated rings. The summed E-state index contributed by atoms with van der Waals surface area (Å²) in [6.07, 6.45) is 0.211. The fourth-order valence-corrected chi connectivity index (χ4v) is 3.28. The lowest BCUT2D eigenvalue weighted by atomic mass is 10.1. The van der Waals surface area contributed by atoms with Crippen LogP contribution in [0.2, 0.25) is 0 Å².